The summed E-state index contributed by atoms with van der Waals surface area (Å²) in [4.78, 5) is 14.7. The SMILES string of the molecule is Cl.O=C(c1coc2ccccc12)N1CCC2(CCNC2)CC1. The molecule has 0 bridgehead atoms. The molecule has 2 aliphatic heterocycles. The second-order valence-corrected chi connectivity index (χ2v) is 6.36. The fourth-order valence-electron chi connectivity index (χ4n) is 3.72. The van der Waals surface area contributed by atoms with Crippen molar-refractivity contribution in [1.82, 2.24) is 10.2 Å². The van der Waals surface area contributed by atoms with Gasteiger partial charge in [0.25, 0.3) is 5.91 Å². The van der Waals surface area contributed by atoms with E-state index >= 15 is 0 Å². The summed E-state index contributed by atoms with van der Waals surface area (Å²) >= 11 is 0. The van der Waals surface area contributed by atoms with Crippen molar-refractivity contribution in [2.45, 2.75) is 19.3 Å². The van der Waals surface area contributed by atoms with Crippen molar-refractivity contribution >= 4 is 29.3 Å². The summed E-state index contributed by atoms with van der Waals surface area (Å²) in [5, 5.41) is 4.38. The third kappa shape index (κ3) is 2.50. The number of likely N-dealkylation sites (tertiary alicyclic amines) is 1. The zero-order valence-corrected chi connectivity index (χ0v) is 13.3. The second kappa shape index (κ2) is 5.94. The molecular weight excluding hydrogens is 300 g/mol. The van der Waals surface area contributed by atoms with Gasteiger partial charge in [-0.2, -0.15) is 0 Å². The van der Waals surface area contributed by atoms with Crippen LogP contribution in [-0.4, -0.2) is 37.0 Å². The first-order chi connectivity index (χ1) is 10.3. The highest BCUT2D eigenvalue weighted by atomic mass is 35.5. The first-order valence-electron chi connectivity index (χ1n) is 7.74. The van der Waals surface area contributed by atoms with E-state index in [1.807, 2.05) is 29.2 Å². The number of furan rings is 1. The summed E-state index contributed by atoms with van der Waals surface area (Å²) in [5.41, 5.74) is 1.93. The predicted molar refractivity (Wildman–Crippen MR) is 88.5 cm³/mol. The number of piperidine rings is 1. The van der Waals surface area contributed by atoms with Gasteiger partial charge in [0.15, 0.2) is 0 Å². The number of hydrogen-bond acceptors (Lipinski definition) is 3. The number of halogens is 1. The van der Waals surface area contributed by atoms with Crippen molar-refractivity contribution in [3.8, 4) is 0 Å². The van der Waals surface area contributed by atoms with Crippen LogP contribution in [0.5, 0.6) is 0 Å². The topological polar surface area (TPSA) is 45.5 Å². The number of para-hydroxylation sites is 1. The first kappa shape index (κ1) is 15.4. The van der Waals surface area contributed by atoms with Crippen molar-refractivity contribution in [3.63, 3.8) is 0 Å². The standard InChI is InChI=1S/C17H20N2O2.ClH/c20-16(14-11-21-15-4-2-1-3-13(14)15)19-9-6-17(7-10-19)5-8-18-12-17;/h1-4,11,18H,5-10,12H2;1H. The van der Waals surface area contributed by atoms with Gasteiger partial charge in [-0.3, -0.25) is 4.79 Å². The molecule has 2 aliphatic rings. The van der Waals surface area contributed by atoms with Crippen molar-refractivity contribution in [2.75, 3.05) is 26.2 Å². The molecule has 0 saturated carbocycles. The maximum absolute atomic E-state index is 12.7. The average molecular weight is 321 g/mol. The zero-order valence-electron chi connectivity index (χ0n) is 12.5. The zero-order chi connectivity index (χ0) is 14.3. The van der Waals surface area contributed by atoms with Gasteiger partial charge in [-0.05, 0) is 37.3 Å². The summed E-state index contributed by atoms with van der Waals surface area (Å²) in [5.74, 6) is 0.112. The van der Waals surface area contributed by atoms with Gasteiger partial charge >= 0.3 is 0 Å². The normalized spacial score (nSPS) is 20.3. The highest BCUT2D eigenvalue weighted by Crippen LogP contribution is 2.37. The minimum absolute atomic E-state index is 0. The number of amides is 1. The second-order valence-electron chi connectivity index (χ2n) is 6.36. The molecule has 5 heteroatoms. The lowest BCUT2D eigenvalue weighted by atomic mass is 9.78. The van der Waals surface area contributed by atoms with Crippen LogP contribution < -0.4 is 5.32 Å². The van der Waals surface area contributed by atoms with E-state index in [2.05, 4.69) is 5.32 Å². The lowest BCUT2D eigenvalue weighted by Crippen LogP contribution is -2.44. The average Bonchev–Trinajstić information content (AvgIpc) is 3.15. The van der Waals surface area contributed by atoms with E-state index in [-0.39, 0.29) is 18.3 Å². The van der Waals surface area contributed by atoms with Crippen LogP contribution in [0.2, 0.25) is 0 Å². The van der Waals surface area contributed by atoms with Crippen LogP contribution in [0.1, 0.15) is 29.6 Å². The highest BCUT2D eigenvalue weighted by Gasteiger charge is 2.38. The number of fused-ring (bicyclic) bond motifs is 1. The lowest BCUT2D eigenvalue weighted by molar-refractivity contribution is 0.0608. The molecule has 1 aromatic heterocycles. The van der Waals surface area contributed by atoms with Crippen LogP contribution in [-0.2, 0) is 0 Å². The molecule has 0 radical (unpaired) electrons. The number of nitrogens with one attached hydrogen (secondary N) is 1. The number of rotatable bonds is 1. The molecular formula is C17H21ClN2O2. The number of carbonyl (C=O) groups is 1. The van der Waals surface area contributed by atoms with Crippen LogP contribution >= 0.6 is 12.4 Å². The van der Waals surface area contributed by atoms with Gasteiger partial charge in [0.2, 0.25) is 0 Å². The third-order valence-electron chi connectivity index (χ3n) is 5.15. The minimum atomic E-state index is 0. The Morgan fingerprint density at radius 3 is 2.68 bits per heavy atom. The molecule has 118 valence electrons. The van der Waals surface area contributed by atoms with E-state index in [1.54, 1.807) is 6.26 Å². The Morgan fingerprint density at radius 1 is 1.18 bits per heavy atom. The van der Waals surface area contributed by atoms with Crippen LogP contribution in [0.3, 0.4) is 0 Å². The maximum atomic E-state index is 12.7. The Morgan fingerprint density at radius 2 is 1.95 bits per heavy atom. The minimum Gasteiger partial charge on any atom is -0.463 e. The number of benzene rings is 1. The molecule has 22 heavy (non-hydrogen) atoms. The van der Waals surface area contributed by atoms with Gasteiger partial charge in [-0.15, -0.1) is 12.4 Å². The number of hydrogen-bond donors (Lipinski definition) is 1. The van der Waals surface area contributed by atoms with Crippen molar-refractivity contribution < 1.29 is 9.21 Å². The van der Waals surface area contributed by atoms with Crippen molar-refractivity contribution in [1.29, 1.82) is 0 Å². The Kier molecular flexibility index (Phi) is 4.15. The van der Waals surface area contributed by atoms with Crippen LogP contribution in [0.25, 0.3) is 11.0 Å². The largest absolute Gasteiger partial charge is 0.463 e. The van der Waals surface area contributed by atoms with E-state index in [4.69, 9.17) is 4.42 Å². The highest BCUT2D eigenvalue weighted by molar-refractivity contribution is 6.05. The van der Waals surface area contributed by atoms with E-state index in [0.717, 1.165) is 50.0 Å². The quantitative estimate of drug-likeness (QED) is 0.878. The Bertz CT molecular complexity index is 666. The molecule has 4 rings (SSSR count). The van der Waals surface area contributed by atoms with Gasteiger partial charge in [0.1, 0.15) is 11.8 Å². The summed E-state index contributed by atoms with van der Waals surface area (Å²) in [7, 11) is 0. The van der Waals surface area contributed by atoms with Gasteiger partial charge in [0.05, 0.1) is 5.56 Å². The molecule has 0 atom stereocenters. The first-order valence-corrected chi connectivity index (χ1v) is 7.74. The Hall–Kier alpha value is -1.52. The molecule has 0 unspecified atom stereocenters. The lowest BCUT2D eigenvalue weighted by Gasteiger charge is -2.38. The van der Waals surface area contributed by atoms with Gasteiger partial charge in [-0.25, -0.2) is 0 Å². The molecule has 2 fully saturated rings. The summed E-state index contributed by atoms with van der Waals surface area (Å²) in [6, 6.07) is 7.74. The van der Waals surface area contributed by atoms with Crippen LogP contribution in [0.15, 0.2) is 34.9 Å². The summed E-state index contributed by atoms with van der Waals surface area (Å²) in [6.07, 6.45) is 5.08. The number of nitrogens with zero attached hydrogens (tertiary/aromatic N) is 1. The van der Waals surface area contributed by atoms with E-state index in [0.29, 0.717) is 11.0 Å². The van der Waals surface area contributed by atoms with E-state index < -0.39 is 0 Å². The molecule has 1 spiro atoms. The predicted octanol–water partition coefficient (Wildman–Crippen LogP) is 3.07. The summed E-state index contributed by atoms with van der Waals surface area (Å²) in [6.45, 7) is 3.96. The van der Waals surface area contributed by atoms with Gasteiger partial charge < -0.3 is 14.6 Å². The monoisotopic (exact) mass is 320 g/mol. The van der Waals surface area contributed by atoms with Gasteiger partial charge in [-0.1, -0.05) is 18.2 Å². The molecule has 2 saturated heterocycles. The molecule has 1 N–H and O–H groups in total. The van der Waals surface area contributed by atoms with E-state index in [1.165, 1.54) is 6.42 Å². The van der Waals surface area contributed by atoms with Crippen LogP contribution in [0.4, 0.5) is 0 Å². The summed E-state index contributed by atoms with van der Waals surface area (Å²) < 4.78 is 5.50. The molecule has 3 heterocycles. The Balaban J connectivity index is 0.00000144. The molecule has 0 aliphatic carbocycles. The molecule has 4 nitrogen and oxygen atoms in total. The fraction of sp³-hybridized carbons (Fsp3) is 0.471. The van der Waals surface area contributed by atoms with Crippen LogP contribution in [0, 0.1) is 5.41 Å². The third-order valence-corrected chi connectivity index (χ3v) is 5.15. The number of carbonyl (C=O) groups excluding carboxylic acids is 1. The van der Waals surface area contributed by atoms with E-state index in [9.17, 15) is 4.79 Å². The molecule has 1 aromatic carbocycles. The fourth-order valence-corrected chi connectivity index (χ4v) is 3.72. The van der Waals surface area contributed by atoms with Crippen molar-refractivity contribution in [2.24, 2.45) is 5.41 Å². The van der Waals surface area contributed by atoms with Gasteiger partial charge in [0, 0.05) is 25.0 Å². The molecule has 2 aromatic rings. The Labute approximate surface area is 136 Å². The maximum Gasteiger partial charge on any atom is 0.257 e. The van der Waals surface area contributed by atoms with Crippen molar-refractivity contribution in [3.05, 3.63) is 36.1 Å². The molecule has 1 amide bonds. The smallest absolute Gasteiger partial charge is 0.257 e.